The topological polar surface area (TPSA) is 113 Å². The van der Waals surface area contributed by atoms with Crippen molar-refractivity contribution in [1.29, 1.82) is 0 Å². The second kappa shape index (κ2) is 10.5. The molecule has 2 heterocycles. The molecule has 3 rings (SSSR count). The maximum absolute atomic E-state index is 15.0. The van der Waals surface area contributed by atoms with Gasteiger partial charge in [0.2, 0.25) is 0 Å². The maximum Gasteiger partial charge on any atom is 0.328 e. The number of urea groups is 1. The first-order valence-corrected chi connectivity index (χ1v) is 13.5. The number of halogens is 1. The van der Waals surface area contributed by atoms with Crippen LogP contribution < -0.4 is 10.0 Å². The van der Waals surface area contributed by atoms with Gasteiger partial charge in [-0.25, -0.2) is 27.3 Å². The fraction of sp³-hybridized carbons (Fsp3) is 0.417. The number of nitrogens with one attached hydrogen (secondary N) is 2. The number of aromatic nitrogens is 2. The Balaban J connectivity index is 1.94. The summed E-state index contributed by atoms with van der Waals surface area (Å²) in [5.74, 6) is 0.566. The maximum atomic E-state index is 15.0. The van der Waals surface area contributed by atoms with Gasteiger partial charge in [0.05, 0.1) is 12.1 Å². The van der Waals surface area contributed by atoms with E-state index in [0.29, 0.717) is 29.7 Å². The average molecular weight is 523 g/mol. The summed E-state index contributed by atoms with van der Waals surface area (Å²) >= 11 is 1.06. The van der Waals surface area contributed by atoms with Crippen LogP contribution in [0.3, 0.4) is 0 Å². The summed E-state index contributed by atoms with van der Waals surface area (Å²) in [6, 6.07) is 5.41. The minimum Gasteiger partial charge on any atom is -0.389 e. The fourth-order valence-corrected chi connectivity index (χ4v) is 6.30. The molecule has 0 aliphatic heterocycles. The van der Waals surface area contributed by atoms with E-state index in [0.717, 1.165) is 22.0 Å². The van der Waals surface area contributed by atoms with Crippen LogP contribution in [0.4, 0.5) is 9.18 Å². The van der Waals surface area contributed by atoms with Gasteiger partial charge in [0.1, 0.15) is 15.9 Å². The number of hydrogen-bond acceptors (Lipinski definition) is 6. The third-order valence-electron chi connectivity index (χ3n) is 5.14. The van der Waals surface area contributed by atoms with E-state index in [2.05, 4.69) is 10.3 Å². The molecule has 3 aromatic rings. The van der Waals surface area contributed by atoms with E-state index in [-0.39, 0.29) is 16.7 Å². The van der Waals surface area contributed by atoms with Crippen LogP contribution in [0, 0.1) is 18.7 Å². The van der Waals surface area contributed by atoms with Crippen molar-refractivity contribution in [3.8, 4) is 11.1 Å². The van der Waals surface area contributed by atoms with Crippen LogP contribution in [-0.4, -0.2) is 41.3 Å². The van der Waals surface area contributed by atoms with Crippen LogP contribution >= 0.6 is 11.3 Å². The molecule has 0 saturated heterocycles. The second-order valence-corrected chi connectivity index (χ2v) is 12.5. The lowest BCUT2D eigenvalue weighted by Crippen LogP contribution is -2.45. The summed E-state index contributed by atoms with van der Waals surface area (Å²) < 4.78 is 45.1. The van der Waals surface area contributed by atoms with E-state index >= 15 is 4.39 Å². The number of aliphatic hydroxyl groups is 1. The molecule has 0 aliphatic carbocycles. The molecular formula is C24H31FN4O4S2. The lowest BCUT2D eigenvalue weighted by Gasteiger charge is -2.17. The predicted octanol–water partition coefficient (Wildman–Crippen LogP) is 4.06. The molecule has 11 heteroatoms. The lowest BCUT2D eigenvalue weighted by atomic mass is 10.0. The number of thiophene rings is 1. The van der Waals surface area contributed by atoms with Crippen molar-refractivity contribution in [3.05, 3.63) is 58.7 Å². The molecule has 190 valence electrons. The number of rotatable bonds is 9. The van der Waals surface area contributed by atoms with E-state index in [1.165, 1.54) is 19.9 Å². The molecule has 35 heavy (non-hydrogen) atoms. The van der Waals surface area contributed by atoms with Gasteiger partial charge in [-0.2, -0.15) is 0 Å². The fourth-order valence-electron chi connectivity index (χ4n) is 3.43. The molecule has 0 radical (unpaired) electrons. The molecule has 0 saturated carbocycles. The van der Waals surface area contributed by atoms with Crippen LogP contribution in [0.15, 0.2) is 40.9 Å². The molecule has 2 amide bonds. The Labute approximate surface area is 209 Å². The van der Waals surface area contributed by atoms with Crippen molar-refractivity contribution in [1.82, 2.24) is 19.6 Å². The number of sulfonamides is 1. The van der Waals surface area contributed by atoms with Gasteiger partial charge in [-0.3, -0.25) is 0 Å². The van der Waals surface area contributed by atoms with Crippen molar-refractivity contribution in [2.45, 2.75) is 57.4 Å². The summed E-state index contributed by atoms with van der Waals surface area (Å²) in [7, 11) is -4.25. The highest BCUT2D eigenvalue weighted by Crippen LogP contribution is 2.37. The van der Waals surface area contributed by atoms with Crippen LogP contribution in [0.1, 0.15) is 44.0 Å². The molecule has 3 N–H and O–H groups in total. The van der Waals surface area contributed by atoms with Crippen molar-refractivity contribution in [2.24, 2.45) is 5.92 Å². The highest BCUT2D eigenvalue weighted by molar-refractivity contribution is 7.92. The minimum absolute atomic E-state index is 0.0656. The van der Waals surface area contributed by atoms with Crippen LogP contribution in [0.5, 0.6) is 0 Å². The van der Waals surface area contributed by atoms with Gasteiger partial charge in [-0.15, -0.1) is 11.3 Å². The number of carbonyl (C=O) groups excluding carboxylic acids is 1. The zero-order valence-corrected chi connectivity index (χ0v) is 22.1. The molecule has 0 unspecified atom stereocenters. The quantitative estimate of drug-likeness (QED) is 0.392. The van der Waals surface area contributed by atoms with E-state index in [9.17, 15) is 18.3 Å². The monoisotopic (exact) mass is 522 g/mol. The highest BCUT2D eigenvalue weighted by atomic mass is 32.2. The van der Waals surface area contributed by atoms with Gasteiger partial charge in [0, 0.05) is 34.9 Å². The summed E-state index contributed by atoms with van der Waals surface area (Å²) in [5, 5.41) is 12.1. The van der Waals surface area contributed by atoms with Crippen molar-refractivity contribution in [2.75, 3.05) is 6.54 Å². The Morgan fingerprint density at radius 1 is 1.29 bits per heavy atom. The third-order valence-corrected chi connectivity index (χ3v) is 8.16. The predicted molar refractivity (Wildman–Crippen MR) is 134 cm³/mol. The molecule has 0 spiro atoms. The normalized spacial score (nSPS) is 12.2. The summed E-state index contributed by atoms with van der Waals surface area (Å²) in [4.78, 5) is 17.2. The first-order valence-electron chi connectivity index (χ1n) is 11.2. The van der Waals surface area contributed by atoms with Crippen molar-refractivity contribution in [3.63, 3.8) is 0 Å². The molecule has 2 aromatic heterocycles. The van der Waals surface area contributed by atoms with Crippen molar-refractivity contribution < 1.29 is 22.7 Å². The summed E-state index contributed by atoms with van der Waals surface area (Å²) in [6.45, 7) is 9.01. The Morgan fingerprint density at radius 3 is 2.57 bits per heavy atom. The van der Waals surface area contributed by atoms with Gasteiger partial charge < -0.3 is 15.0 Å². The Bertz CT molecular complexity index is 1310. The third kappa shape index (κ3) is 7.12. The number of amides is 2. The average Bonchev–Trinajstić information content (AvgIpc) is 3.33. The number of benzene rings is 1. The Morgan fingerprint density at radius 2 is 2.00 bits per heavy atom. The van der Waals surface area contributed by atoms with Gasteiger partial charge in [0.15, 0.2) is 0 Å². The SMILES string of the molecule is Cc1nccn1Cc1ccc(-c2cc(CC(C)C)sc2S(=O)(=O)NC(=O)NCC(C)(C)O)cc1F. The van der Waals surface area contributed by atoms with Gasteiger partial charge in [-0.1, -0.05) is 26.0 Å². The molecule has 1 aromatic carbocycles. The van der Waals surface area contributed by atoms with E-state index in [1.807, 2.05) is 30.1 Å². The van der Waals surface area contributed by atoms with Gasteiger partial charge in [-0.05, 0) is 50.8 Å². The number of imidazole rings is 1. The van der Waals surface area contributed by atoms with Crippen molar-refractivity contribution >= 4 is 27.4 Å². The number of hydrogen-bond donors (Lipinski definition) is 3. The molecule has 0 aliphatic rings. The number of nitrogens with zero attached hydrogens (tertiary/aromatic N) is 2. The second-order valence-electron chi connectivity index (χ2n) is 9.52. The highest BCUT2D eigenvalue weighted by Gasteiger charge is 2.27. The molecule has 0 atom stereocenters. The zero-order chi connectivity index (χ0) is 26.0. The number of aryl methyl sites for hydroxylation is 1. The van der Waals surface area contributed by atoms with E-state index < -0.39 is 27.5 Å². The number of carbonyl (C=O) groups is 1. The van der Waals surface area contributed by atoms with Crippen LogP contribution in [-0.2, 0) is 23.0 Å². The Hall–Kier alpha value is -2.76. The molecule has 0 bridgehead atoms. The molecule has 0 fully saturated rings. The van der Waals surface area contributed by atoms with E-state index in [4.69, 9.17) is 0 Å². The largest absolute Gasteiger partial charge is 0.389 e. The molecular weight excluding hydrogens is 491 g/mol. The summed E-state index contributed by atoms with van der Waals surface area (Å²) in [6.07, 6.45) is 4.04. The molecule has 8 nitrogen and oxygen atoms in total. The standard InChI is InChI=1S/C24H31FN4O4S2/c1-15(2)10-19-12-20(22(34-19)35(32,33)28-23(30)27-14-24(4,5)31)17-6-7-18(21(25)11-17)13-29-9-8-26-16(29)3/h6-9,11-12,15,31H,10,13-14H2,1-5H3,(H2,27,28,30). The lowest BCUT2D eigenvalue weighted by molar-refractivity contribution is 0.0822. The van der Waals surface area contributed by atoms with Crippen LogP contribution in [0.25, 0.3) is 11.1 Å². The summed E-state index contributed by atoms with van der Waals surface area (Å²) in [5.41, 5.74) is -0.0235. The smallest absolute Gasteiger partial charge is 0.328 e. The first kappa shape index (κ1) is 26.8. The minimum atomic E-state index is -4.25. The van der Waals surface area contributed by atoms with E-state index in [1.54, 1.807) is 30.6 Å². The van der Waals surface area contributed by atoms with Crippen LogP contribution in [0.2, 0.25) is 0 Å². The zero-order valence-electron chi connectivity index (χ0n) is 20.4. The first-order chi connectivity index (χ1) is 16.2. The van der Waals surface area contributed by atoms with Gasteiger partial charge >= 0.3 is 6.03 Å². The van der Waals surface area contributed by atoms with Gasteiger partial charge in [0.25, 0.3) is 10.0 Å². The Kier molecular flexibility index (Phi) is 8.03.